The maximum Gasteiger partial charge on any atom is 0.258 e. The molecule has 0 unspecified atom stereocenters. The Balaban J connectivity index is 1.21. The third kappa shape index (κ3) is 5.58. The van der Waals surface area contributed by atoms with Crippen LogP contribution in [-0.2, 0) is 11.2 Å². The first-order valence-corrected chi connectivity index (χ1v) is 15.2. The molecule has 1 aromatic carbocycles. The number of amides is 3. The fraction of sp³-hybridized carbons (Fsp3) is 0.613. The van der Waals surface area contributed by atoms with E-state index in [1.165, 1.54) is 25.7 Å². The number of hydrogen-bond donors (Lipinski definition) is 2. The second-order valence-electron chi connectivity index (χ2n) is 13.0. The summed E-state index contributed by atoms with van der Waals surface area (Å²) >= 11 is 0. The molecule has 0 radical (unpaired) electrons. The Morgan fingerprint density at radius 1 is 1.07 bits per heavy atom. The zero-order valence-electron chi connectivity index (χ0n) is 24.6. The molecule has 1 aromatic heterocycles. The molecule has 4 heterocycles. The second-order valence-corrected chi connectivity index (χ2v) is 13.0. The van der Waals surface area contributed by atoms with Gasteiger partial charge < -0.3 is 20.9 Å². The molecule has 10 nitrogen and oxygen atoms in total. The SMILES string of the molecule is Cc1nn(-c2ccc(C(N)=O)c(NC3CCN(C(=O)CN4CCCC4)CC3)c2)c2c1C(=O)N(CC1CC1)C(C)(C)C2. The molecule has 1 aliphatic carbocycles. The number of hydrogen-bond acceptors (Lipinski definition) is 6. The number of fused-ring (bicyclic) bond motifs is 1. The van der Waals surface area contributed by atoms with Crippen LogP contribution in [0.25, 0.3) is 5.69 Å². The maximum absolute atomic E-state index is 13.7. The molecule has 0 atom stereocenters. The highest BCUT2D eigenvalue weighted by Gasteiger charge is 2.43. The second kappa shape index (κ2) is 10.8. The van der Waals surface area contributed by atoms with E-state index in [1.807, 2.05) is 33.5 Å². The van der Waals surface area contributed by atoms with Crippen molar-refractivity contribution in [2.45, 2.75) is 77.3 Å². The summed E-state index contributed by atoms with van der Waals surface area (Å²) < 4.78 is 1.87. The molecule has 41 heavy (non-hydrogen) atoms. The van der Waals surface area contributed by atoms with Crippen LogP contribution in [0.1, 0.15) is 84.5 Å². The predicted molar refractivity (Wildman–Crippen MR) is 157 cm³/mol. The van der Waals surface area contributed by atoms with Crippen molar-refractivity contribution in [2.24, 2.45) is 11.7 Å². The Kier molecular flexibility index (Phi) is 7.30. The number of nitrogens with two attached hydrogens (primary N) is 1. The zero-order chi connectivity index (χ0) is 28.9. The maximum atomic E-state index is 13.7. The lowest BCUT2D eigenvalue weighted by Crippen LogP contribution is -2.53. The van der Waals surface area contributed by atoms with Gasteiger partial charge in [-0.2, -0.15) is 5.10 Å². The molecule has 3 aliphatic heterocycles. The molecular formula is C31H43N7O3. The van der Waals surface area contributed by atoms with Gasteiger partial charge in [0.15, 0.2) is 0 Å². The molecule has 10 heteroatoms. The molecule has 1 saturated carbocycles. The summed E-state index contributed by atoms with van der Waals surface area (Å²) in [4.78, 5) is 45.1. The van der Waals surface area contributed by atoms with E-state index in [2.05, 4.69) is 24.1 Å². The third-order valence-corrected chi connectivity index (χ3v) is 9.36. The lowest BCUT2D eigenvalue weighted by Gasteiger charge is -2.42. The van der Waals surface area contributed by atoms with Gasteiger partial charge in [0.05, 0.1) is 34.7 Å². The van der Waals surface area contributed by atoms with Crippen molar-refractivity contribution in [3.8, 4) is 5.69 Å². The normalized spacial score (nSPS) is 21.3. The van der Waals surface area contributed by atoms with E-state index in [4.69, 9.17) is 10.8 Å². The molecule has 2 aromatic rings. The fourth-order valence-electron chi connectivity index (χ4n) is 6.76. The first-order valence-electron chi connectivity index (χ1n) is 15.2. The Bertz CT molecular complexity index is 1350. The lowest BCUT2D eigenvalue weighted by molar-refractivity contribution is -0.133. The third-order valence-electron chi connectivity index (χ3n) is 9.36. The van der Waals surface area contributed by atoms with Gasteiger partial charge in [0.25, 0.3) is 11.8 Å². The standard InChI is InChI=1S/C31H43N7O3/c1-20-28-26(17-31(2,3)37(30(28)41)18-21-6-7-21)38(34-20)23-8-9-24(29(32)40)25(16-23)33-22-10-14-36(15-11-22)27(39)19-35-12-4-5-13-35/h8-9,16,21-22,33H,4-7,10-15,17-19H2,1-3H3,(H2,32,40). The summed E-state index contributed by atoms with van der Waals surface area (Å²) in [5.41, 5.74) is 9.66. The summed E-state index contributed by atoms with van der Waals surface area (Å²) in [5, 5.41) is 8.37. The van der Waals surface area contributed by atoms with Gasteiger partial charge in [-0.05, 0) is 96.5 Å². The van der Waals surface area contributed by atoms with Crippen LogP contribution in [0.5, 0.6) is 0 Å². The van der Waals surface area contributed by atoms with E-state index in [0.717, 1.165) is 49.6 Å². The Morgan fingerprint density at radius 3 is 2.44 bits per heavy atom. The van der Waals surface area contributed by atoms with Crippen molar-refractivity contribution in [1.82, 2.24) is 24.5 Å². The van der Waals surface area contributed by atoms with Crippen LogP contribution in [0.15, 0.2) is 18.2 Å². The van der Waals surface area contributed by atoms with E-state index in [0.29, 0.717) is 48.8 Å². The molecule has 3 fully saturated rings. The van der Waals surface area contributed by atoms with Crippen molar-refractivity contribution in [3.05, 3.63) is 40.7 Å². The van der Waals surface area contributed by atoms with Crippen molar-refractivity contribution in [3.63, 3.8) is 0 Å². The van der Waals surface area contributed by atoms with Gasteiger partial charge in [-0.1, -0.05) is 0 Å². The van der Waals surface area contributed by atoms with Gasteiger partial charge in [0, 0.05) is 43.3 Å². The summed E-state index contributed by atoms with van der Waals surface area (Å²) in [7, 11) is 0. The minimum absolute atomic E-state index is 0.0602. The summed E-state index contributed by atoms with van der Waals surface area (Å²) in [6, 6.07) is 5.63. The van der Waals surface area contributed by atoms with Crippen LogP contribution in [0, 0.1) is 12.8 Å². The van der Waals surface area contributed by atoms with Gasteiger partial charge in [-0.25, -0.2) is 4.68 Å². The van der Waals surface area contributed by atoms with Gasteiger partial charge in [-0.15, -0.1) is 0 Å². The number of aromatic nitrogens is 2. The van der Waals surface area contributed by atoms with Crippen LogP contribution in [-0.4, -0.2) is 93.1 Å². The van der Waals surface area contributed by atoms with E-state index < -0.39 is 5.91 Å². The summed E-state index contributed by atoms with van der Waals surface area (Å²) in [5.74, 6) is 0.380. The van der Waals surface area contributed by atoms with E-state index in [1.54, 1.807) is 6.07 Å². The minimum atomic E-state index is -0.497. The highest BCUT2D eigenvalue weighted by molar-refractivity contribution is 6.00. The number of nitrogens with one attached hydrogen (secondary N) is 1. The number of carbonyl (C=O) groups excluding carboxylic acids is 3. The largest absolute Gasteiger partial charge is 0.381 e. The monoisotopic (exact) mass is 561 g/mol. The molecule has 220 valence electrons. The Hall–Kier alpha value is -3.40. The predicted octanol–water partition coefficient (Wildman–Crippen LogP) is 2.97. The number of piperidine rings is 1. The molecule has 3 amide bonds. The molecule has 0 bridgehead atoms. The van der Waals surface area contributed by atoms with Gasteiger partial charge in [-0.3, -0.25) is 19.3 Å². The quantitative estimate of drug-likeness (QED) is 0.512. The van der Waals surface area contributed by atoms with Crippen molar-refractivity contribution < 1.29 is 14.4 Å². The Morgan fingerprint density at radius 2 is 1.78 bits per heavy atom. The average Bonchev–Trinajstić information content (AvgIpc) is 3.50. The van der Waals surface area contributed by atoms with Crippen molar-refractivity contribution in [2.75, 3.05) is 44.6 Å². The lowest BCUT2D eigenvalue weighted by atomic mass is 9.87. The zero-order valence-corrected chi connectivity index (χ0v) is 24.6. The molecule has 3 N–H and O–H groups in total. The van der Waals surface area contributed by atoms with Crippen LogP contribution >= 0.6 is 0 Å². The van der Waals surface area contributed by atoms with Gasteiger partial charge in [0.2, 0.25) is 5.91 Å². The van der Waals surface area contributed by atoms with Crippen molar-refractivity contribution >= 4 is 23.4 Å². The molecule has 6 rings (SSSR count). The van der Waals surface area contributed by atoms with Gasteiger partial charge in [0.1, 0.15) is 0 Å². The van der Waals surface area contributed by atoms with Crippen molar-refractivity contribution in [1.29, 1.82) is 0 Å². The Labute approximate surface area is 242 Å². The van der Waals surface area contributed by atoms with Crippen LogP contribution in [0.4, 0.5) is 5.69 Å². The number of aryl methyl sites for hydroxylation is 1. The smallest absolute Gasteiger partial charge is 0.258 e. The van der Waals surface area contributed by atoms with E-state index in [9.17, 15) is 14.4 Å². The first-order chi connectivity index (χ1) is 19.6. The number of nitrogens with zero attached hydrogens (tertiary/aromatic N) is 5. The first kappa shape index (κ1) is 27.8. The molecule has 2 saturated heterocycles. The van der Waals surface area contributed by atoms with Crippen LogP contribution < -0.4 is 11.1 Å². The van der Waals surface area contributed by atoms with Crippen LogP contribution in [0.3, 0.4) is 0 Å². The molecule has 0 spiro atoms. The average molecular weight is 562 g/mol. The number of primary amides is 1. The summed E-state index contributed by atoms with van der Waals surface area (Å²) in [6.07, 6.45) is 7.03. The number of anilines is 1. The molecular weight excluding hydrogens is 518 g/mol. The minimum Gasteiger partial charge on any atom is -0.381 e. The number of rotatable bonds is 8. The van der Waals surface area contributed by atoms with E-state index >= 15 is 0 Å². The van der Waals surface area contributed by atoms with Crippen LogP contribution in [0.2, 0.25) is 0 Å². The highest BCUT2D eigenvalue weighted by Crippen LogP contribution is 2.38. The summed E-state index contributed by atoms with van der Waals surface area (Å²) in [6.45, 7) is 10.9. The molecule has 4 aliphatic rings. The number of benzene rings is 1. The number of carbonyl (C=O) groups is 3. The van der Waals surface area contributed by atoms with Gasteiger partial charge >= 0.3 is 0 Å². The fourth-order valence-corrected chi connectivity index (χ4v) is 6.76. The topological polar surface area (TPSA) is 117 Å². The van der Waals surface area contributed by atoms with E-state index in [-0.39, 0.29) is 23.4 Å². The highest BCUT2D eigenvalue weighted by atomic mass is 16.2. The number of likely N-dealkylation sites (tertiary alicyclic amines) is 2.